The monoisotopic (exact) mass is 440 g/mol. The van der Waals surface area contributed by atoms with Gasteiger partial charge in [-0.25, -0.2) is 9.78 Å². The highest BCUT2D eigenvalue weighted by molar-refractivity contribution is 5.78. The molecule has 2 aromatic carbocycles. The van der Waals surface area contributed by atoms with Crippen molar-refractivity contribution in [2.24, 2.45) is 0 Å². The molecule has 9 nitrogen and oxygen atoms in total. The molecule has 0 saturated heterocycles. The number of nitrogens with zero attached hydrogens (tertiary/aromatic N) is 3. The second kappa shape index (κ2) is 8.46. The molecular formula is C24H20N6O3. The maximum Gasteiger partial charge on any atom is 0.417 e. The molecular weight excluding hydrogens is 420 g/mol. The summed E-state index contributed by atoms with van der Waals surface area (Å²) in [5.74, 6) is 1.28. The zero-order valence-electron chi connectivity index (χ0n) is 17.9. The minimum absolute atomic E-state index is 0.428. The second-order valence-electron chi connectivity index (χ2n) is 7.36. The number of H-pyrrole nitrogens is 1. The van der Waals surface area contributed by atoms with E-state index in [1.807, 2.05) is 43.3 Å². The molecule has 0 spiro atoms. The lowest BCUT2D eigenvalue weighted by atomic mass is 10.1. The molecule has 3 heterocycles. The van der Waals surface area contributed by atoms with E-state index in [1.165, 1.54) is 0 Å². The lowest BCUT2D eigenvalue weighted by Gasteiger charge is -2.13. The van der Waals surface area contributed by atoms with Crippen LogP contribution in [0.15, 0.2) is 76.3 Å². The van der Waals surface area contributed by atoms with E-state index in [0.29, 0.717) is 28.6 Å². The standard InChI is InChI=1S/C24H20N6O3/c1-14-12-26-23(30-22(14)27-16-6-8-20-19(10-16)29-24(31)33-20)28-17-5-7-18(21(11-17)32-2)15-4-3-9-25-13-15/h3-13H,1-2H3,(H,29,31)(H2,26,27,28,30). The van der Waals surface area contributed by atoms with E-state index in [4.69, 9.17) is 9.15 Å². The zero-order valence-corrected chi connectivity index (χ0v) is 17.9. The number of pyridine rings is 1. The Morgan fingerprint density at radius 2 is 1.88 bits per heavy atom. The van der Waals surface area contributed by atoms with E-state index in [-0.39, 0.29) is 0 Å². The molecule has 33 heavy (non-hydrogen) atoms. The molecule has 0 unspecified atom stereocenters. The maximum absolute atomic E-state index is 11.4. The Kier molecular flexibility index (Phi) is 5.19. The van der Waals surface area contributed by atoms with Crippen LogP contribution in [0.5, 0.6) is 5.75 Å². The number of methoxy groups -OCH3 is 1. The van der Waals surface area contributed by atoms with Crippen molar-refractivity contribution in [3.05, 3.63) is 83.2 Å². The quantitative estimate of drug-likeness (QED) is 0.345. The summed E-state index contributed by atoms with van der Waals surface area (Å²) in [6.45, 7) is 1.91. The summed E-state index contributed by atoms with van der Waals surface area (Å²) in [4.78, 5) is 27.2. The largest absolute Gasteiger partial charge is 0.496 e. The fraction of sp³-hybridized carbons (Fsp3) is 0.0833. The Hall–Kier alpha value is -4.66. The number of ether oxygens (including phenoxy) is 1. The normalized spacial score (nSPS) is 10.8. The summed E-state index contributed by atoms with van der Waals surface area (Å²) in [6.07, 6.45) is 5.26. The lowest BCUT2D eigenvalue weighted by Crippen LogP contribution is -2.03. The average molecular weight is 440 g/mol. The highest BCUT2D eigenvalue weighted by atomic mass is 16.5. The maximum atomic E-state index is 11.4. The van der Waals surface area contributed by atoms with E-state index in [9.17, 15) is 4.79 Å². The molecule has 0 fully saturated rings. The molecule has 5 rings (SSSR count). The summed E-state index contributed by atoms with van der Waals surface area (Å²) >= 11 is 0. The van der Waals surface area contributed by atoms with Gasteiger partial charge in [0.25, 0.3) is 0 Å². The van der Waals surface area contributed by atoms with Gasteiger partial charge in [0, 0.05) is 52.7 Å². The van der Waals surface area contributed by atoms with Crippen molar-refractivity contribution in [2.75, 3.05) is 17.7 Å². The van der Waals surface area contributed by atoms with Gasteiger partial charge in [0.05, 0.1) is 12.6 Å². The van der Waals surface area contributed by atoms with Gasteiger partial charge in [0.2, 0.25) is 5.95 Å². The van der Waals surface area contributed by atoms with Crippen LogP contribution >= 0.6 is 0 Å². The number of aryl methyl sites for hydroxylation is 1. The summed E-state index contributed by atoms with van der Waals surface area (Å²) in [7, 11) is 1.63. The molecule has 0 amide bonds. The third-order valence-corrected chi connectivity index (χ3v) is 5.08. The van der Waals surface area contributed by atoms with Gasteiger partial charge < -0.3 is 19.8 Å². The molecule has 0 saturated carbocycles. The smallest absolute Gasteiger partial charge is 0.417 e. The first-order valence-electron chi connectivity index (χ1n) is 10.2. The third-order valence-electron chi connectivity index (χ3n) is 5.08. The van der Waals surface area contributed by atoms with Crippen molar-refractivity contribution in [3.8, 4) is 16.9 Å². The number of anilines is 4. The van der Waals surface area contributed by atoms with E-state index >= 15 is 0 Å². The molecule has 0 atom stereocenters. The van der Waals surface area contributed by atoms with Crippen LogP contribution in [0.1, 0.15) is 5.56 Å². The Balaban J connectivity index is 1.40. The first-order valence-corrected chi connectivity index (χ1v) is 10.2. The fourth-order valence-corrected chi connectivity index (χ4v) is 3.45. The predicted octanol–water partition coefficient (Wildman–Crippen LogP) is 4.78. The number of hydrogen-bond donors (Lipinski definition) is 3. The summed E-state index contributed by atoms with van der Waals surface area (Å²) in [6, 6.07) is 15.0. The van der Waals surface area contributed by atoms with Crippen LogP contribution in [-0.4, -0.2) is 27.0 Å². The Morgan fingerprint density at radius 3 is 2.70 bits per heavy atom. The Bertz CT molecular complexity index is 1490. The van der Waals surface area contributed by atoms with Crippen LogP contribution in [0.3, 0.4) is 0 Å². The van der Waals surface area contributed by atoms with Crippen LogP contribution in [0.2, 0.25) is 0 Å². The third kappa shape index (κ3) is 4.24. The minimum Gasteiger partial charge on any atom is -0.496 e. The van der Waals surface area contributed by atoms with Gasteiger partial charge in [0.1, 0.15) is 11.6 Å². The topological polar surface area (TPSA) is 118 Å². The van der Waals surface area contributed by atoms with Gasteiger partial charge in [-0.1, -0.05) is 6.07 Å². The van der Waals surface area contributed by atoms with Crippen LogP contribution in [0.4, 0.5) is 23.1 Å². The van der Waals surface area contributed by atoms with Crippen molar-refractivity contribution in [1.82, 2.24) is 19.9 Å². The van der Waals surface area contributed by atoms with E-state index in [1.54, 1.807) is 37.8 Å². The first kappa shape index (κ1) is 20.3. The van der Waals surface area contributed by atoms with Crippen molar-refractivity contribution in [1.29, 1.82) is 0 Å². The molecule has 5 aromatic rings. The van der Waals surface area contributed by atoms with Crippen molar-refractivity contribution in [2.45, 2.75) is 6.92 Å². The van der Waals surface area contributed by atoms with Gasteiger partial charge in [-0.15, -0.1) is 0 Å². The molecule has 0 aliphatic carbocycles. The van der Waals surface area contributed by atoms with Crippen LogP contribution < -0.4 is 21.1 Å². The molecule has 3 N–H and O–H groups in total. The number of hydrogen-bond acceptors (Lipinski definition) is 8. The van der Waals surface area contributed by atoms with Gasteiger partial charge in [-0.2, -0.15) is 4.98 Å². The Labute approximate surface area is 188 Å². The SMILES string of the molecule is COc1cc(Nc2ncc(C)c(Nc3ccc4oc(=O)[nH]c4c3)n2)ccc1-c1cccnc1. The number of nitrogens with one attached hydrogen (secondary N) is 3. The highest BCUT2D eigenvalue weighted by Gasteiger charge is 2.10. The van der Waals surface area contributed by atoms with Gasteiger partial charge in [0.15, 0.2) is 5.58 Å². The molecule has 0 radical (unpaired) electrons. The van der Waals surface area contributed by atoms with Crippen LogP contribution in [-0.2, 0) is 0 Å². The second-order valence-corrected chi connectivity index (χ2v) is 7.36. The Morgan fingerprint density at radius 1 is 1.03 bits per heavy atom. The van der Waals surface area contributed by atoms with E-state index in [2.05, 4.69) is 30.6 Å². The van der Waals surface area contributed by atoms with E-state index in [0.717, 1.165) is 28.1 Å². The van der Waals surface area contributed by atoms with Crippen molar-refractivity contribution < 1.29 is 9.15 Å². The number of benzene rings is 2. The lowest BCUT2D eigenvalue weighted by molar-refractivity contribution is 0.416. The van der Waals surface area contributed by atoms with Gasteiger partial charge in [-0.3, -0.25) is 9.97 Å². The predicted molar refractivity (Wildman–Crippen MR) is 126 cm³/mol. The zero-order chi connectivity index (χ0) is 22.8. The summed E-state index contributed by atoms with van der Waals surface area (Å²) < 4.78 is 10.6. The van der Waals surface area contributed by atoms with Gasteiger partial charge >= 0.3 is 5.76 Å². The van der Waals surface area contributed by atoms with Crippen LogP contribution in [0.25, 0.3) is 22.2 Å². The number of aromatic nitrogens is 4. The van der Waals surface area contributed by atoms with E-state index < -0.39 is 5.76 Å². The number of rotatable bonds is 6. The molecule has 9 heteroatoms. The van der Waals surface area contributed by atoms with Crippen molar-refractivity contribution in [3.63, 3.8) is 0 Å². The highest BCUT2D eigenvalue weighted by Crippen LogP contribution is 2.33. The molecule has 3 aromatic heterocycles. The molecule has 164 valence electrons. The van der Waals surface area contributed by atoms with Crippen molar-refractivity contribution >= 4 is 34.2 Å². The first-order chi connectivity index (χ1) is 16.1. The summed E-state index contributed by atoms with van der Waals surface area (Å²) in [5, 5.41) is 6.49. The number of fused-ring (bicyclic) bond motifs is 1. The molecule has 0 aliphatic heterocycles. The average Bonchev–Trinajstić information content (AvgIpc) is 3.21. The summed E-state index contributed by atoms with van der Waals surface area (Å²) in [5.41, 5.74) is 5.42. The fourth-order valence-electron chi connectivity index (χ4n) is 3.45. The molecule has 0 bridgehead atoms. The molecule has 0 aliphatic rings. The number of aromatic amines is 1. The number of oxazole rings is 1. The van der Waals surface area contributed by atoms with Gasteiger partial charge in [-0.05, 0) is 43.3 Å². The minimum atomic E-state index is -0.489. The van der Waals surface area contributed by atoms with Crippen LogP contribution in [0, 0.1) is 6.92 Å².